The number of fused-ring (bicyclic) bond motifs is 1. The maximum Gasteiger partial charge on any atom is 0.323 e. The average molecular weight is 237 g/mol. The van der Waals surface area contributed by atoms with E-state index < -0.39 is 5.97 Å². The van der Waals surface area contributed by atoms with E-state index in [1.807, 2.05) is 26.0 Å². The highest BCUT2D eigenvalue weighted by atomic mass is 32.1. The van der Waals surface area contributed by atoms with Crippen LogP contribution in [0.1, 0.15) is 11.1 Å². The zero-order chi connectivity index (χ0) is 11.9. The van der Waals surface area contributed by atoms with Crippen LogP contribution in [0.5, 0.6) is 0 Å². The first kappa shape index (κ1) is 10.9. The van der Waals surface area contributed by atoms with Crippen LogP contribution in [0.2, 0.25) is 0 Å². The van der Waals surface area contributed by atoms with Gasteiger partial charge >= 0.3 is 10.8 Å². The van der Waals surface area contributed by atoms with Gasteiger partial charge in [-0.2, -0.15) is 0 Å². The maximum absolute atomic E-state index is 11.7. The number of hydrogen-bond donors (Lipinski definition) is 1. The molecular formula is C11H11NO3S. The van der Waals surface area contributed by atoms with Crippen LogP contribution in [0.15, 0.2) is 16.9 Å². The molecule has 5 heteroatoms. The predicted octanol–water partition coefficient (Wildman–Crippen LogP) is 1.76. The summed E-state index contributed by atoms with van der Waals surface area (Å²) in [6.45, 7) is 3.53. The summed E-state index contributed by atoms with van der Waals surface area (Å²) in [6, 6.07) is 3.85. The molecule has 0 saturated heterocycles. The molecule has 0 aliphatic rings. The van der Waals surface area contributed by atoms with Crippen LogP contribution in [0, 0.1) is 13.8 Å². The average Bonchev–Trinajstić information content (AvgIpc) is 2.51. The van der Waals surface area contributed by atoms with Gasteiger partial charge in [0.25, 0.3) is 0 Å². The Hall–Kier alpha value is -1.62. The summed E-state index contributed by atoms with van der Waals surface area (Å²) < 4.78 is 2.20. The van der Waals surface area contributed by atoms with Crippen molar-refractivity contribution in [3.63, 3.8) is 0 Å². The minimum Gasteiger partial charge on any atom is -0.480 e. The van der Waals surface area contributed by atoms with E-state index in [9.17, 15) is 9.59 Å². The van der Waals surface area contributed by atoms with E-state index in [1.54, 1.807) is 0 Å². The Morgan fingerprint density at radius 1 is 1.38 bits per heavy atom. The summed E-state index contributed by atoms with van der Waals surface area (Å²) in [7, 11) is 0. The predicted molar refractivity (Wildman–Crippen MR) is 63.2 cm³/mol. The first-order valence-electron chi connectivity index (χ1n) is 4.82. The van der Waals surface area contributed by atoms with Gasteiger partial charge in [-0.1, -0.05) is 23.5 Å². The Morgan fingerprint density at radius 3 is 2.62 bits per heavy atom. The number of benzene rings is 1. The number of aryl methyl sites for hydroxylation is 2. The standard InChI is InChI=1S/C11H11NO3S/c1-6-3-4-7(2)10-9(6)12(5-8(13)14)11(15)16-10/h3-4H,5H2,1-2H3,(H,13,14). The van der Waals surface area contributed by atoms with E-state index in [2.05, 4.69) is 0 Å². The largest absolute Gasteiger partial charge is 0.480 e. The van der Waals surface area contributed by atoms with Gasteiger partial charge < -0.3 is 5.11 Å². The minimum absolute atomic E-state index is 0.213. The Labute approximate surface area is 95.8 Å². The second-order valence-corrected chi connectivity index (χ2v) is 4.69. The molecule has 0 aliphatic heterocycles. The Bertz CT molecular complexity index is 624. The fourth-order valence-corrected chi connectivity index (χ4v) is 2.78. The highest BCUT2D eigenvalue weighted by Gasteiger charge is 2.13. The summed E-state index contributed by atoms with van der Waals surface area (Å²) in [6.07, 6.45) is 0. The normalized spacial score (nSPS) is 10.9. The third-order valence-corrected chi connectivity index (χ3v) is 3.62. The van der Waals surface area contributed by atoms with Crippen molar-refractivity contribution in [2.24, 2.45) is 0 Å². The lowest BCUT2D eigenvalue weighted by atomic mass is 10.1. The molecule has 2 aromatic rings. The topological polar surface area (TPSA) is 59.3 Å². The van der Waals surface area contributed by atoms with Crippen molar-refractivity contribution in [1.82, 2.24) is 4.57 Å². The monoisotopic (exact) mass is 237 g/mol. The summed E-state index contributed by atoms with van der Waals surface area (Å²) >= 11 is 1.11. The van der Waals surface area contributed by atoms with E-state index >= 15 is 0 Å². The second kappa shape index (κ2) is 3.75. The van der Waals surface area contributed by atoms with Crippen molar-refractivity contribution in [2.75, 3.05) is 0 Å². The number of thiazole rings is 1. The second-order valence-electron chi connectivity index (χ2n) is 3.72. The smallest absolute Gasteiger partial charge is 0.323 e. The highest BCUT2D eigenvalue weighted by molar-refractivity contribution is 7.16. The molecule has 16 heavy (non-hydrogen) atoms. The minimum atomic E-state index is -0.997. The number of carbonyl (C=O) groups is 1. The van der Waals surface area contributed by atoms with Gasteiger partial charge in [0.2, 0.25) is 0 Å². The number of rotatable bonds is 2. The highest BCUT2D eigenvalue weighted by Crippen LogP contribution is 2.24. The molecule has 0 fully saturated rings. The molecule has 0 atom stereocenters. The van der Waals surface area contributed by atoms with Crippen LogP contribution in [-0.4, -0.2) is 15.6 Å². The quantitative estimate of drug-likeness (QED) is 0.865. The van der Waals surface area contributed by atoms with Gasteiger partial charge in [-0.25, -0.2) is 0 Å². The van der Waals surface area contributed by atoms with Crippen LogP contribution >= 0.6 is 11.3 Å². The summed E-state index contributed by atoms with van der Waals surface area (Å²) in [4.78, 5) is 22.2. The van der Waals surface area contributed by atoms with E-state index in [0.717, 1.165) is 32.7 Å². The van der Waals surface area contributed by atoms with Crippen molar-refractivity contribution in [3.8, 4) is 0 Å². The first-order chi connectivity index (χ1) is 7.50. The molecule has 1 N–H and O–H groups in total. The van der Waals surface area contributed by atoms with Gasteiger partial charge in [0.15, 0.2) is 0 Å². The molecule has 0 spiro atoms. The molecular weight excluding hydrogens is 226 g/mol. The molecule has 0 amide bonds. The van der Waals surface area contributed by atoms with Gasteiger partial charge in [-0.05, 0) is 25.0 Å². The molecule has 1 heterocycles. The van der Waals surface area contributed by atoms with E-state index in [-0.39, 0.29) is 11.4 Å². The Kier molecular flexibility index (Phi) is 2.55. The molecule has 2 rings (SSSR count). The molecule has 0 unspecified atom stereocenters. The van der Waals surface area contributed by atoms with Gasteiger partial charge in [0.1, 0.15) is 6.54 Å². The van der Waals surface area contributed by atoms with Crippen LogP contribution in [0.4, 0.5) is 0 Å². The fourth-order valence-electron chi connectivity index (χ4n) is 1.75. The number of aliphatic carboxylic acids is 1. The summed E-state index contributed by atoms with van der Waals surface area (Å²) in [5.41, 5.74) is 2.68. The SMILES string of the molecule is Cc1ccc(C)c2c1sc(=O)n2CC(=O)O. The lowest BCUT2D eigenvalue weighted by Gasteiger charge is -2.03. The molecule has 0 bridgehead atoms. The van der Waals surface area contributed by atoms with Crippen LogP contribution in [-0.2, 0) is 11.3 Å². The van der Waals surface area contributed by atoms with Crippen molar-refractivity contribution >= 4 is 27.5 Å². The molecule has 4 nitrogen and oxygen atoms in total. The van der Waals surface area contributed by atoms with Crippen molar-refractivity contribution in [3.05, 3.63) is 32.9 Å². The van der Waals surface area contributed by atoms with E-state index in [4.69, 9.17) is 5.11 Å². The Morgan fingerprint density at radius 2 is 2.00 bits per heavy atom. The molecule has 0 saturated carbocycles. The molecule has 1 aromatic carbocycles. The summed E-state index contributed by atoms with van der Waals surface area (Å²) in [5, 5.41) is 8.77. The third kappa shape index (κ3) is 1.63. The van der Waals surface area contributed by atoms with Crippen molar-refractivity contribution in [2.45, 2.75) is 20.4 Å². The zero-order valence-electron chi connectivity index (χ0n) is 8.98. The van der Waals surface area contributed by atoms with Crippen molar-refractivity contribution in [1.29, 1.82) is 0 Å². The number of carboxylic acid groups (broad SMARTS) is 1. The van der Waals surface area contributed by atoms with Crippen LogP contribution < -0.4 is 4.87 Å². The van der Waals surface area contributed by atoms with Crippen molar-refractivity contribution < 1.29 is 9.90 Å². The van der Waals surface area contributed by atoms with Crippen LogP contribution in [0.3, 0.4) is 0 Å². The molecule has 0 radical (unpaired) electrons. The third-order valence-electron chi connectivity index (χ3n) is 2.50. The molecule has 1 aromatic heterocycles. The number of hydrogen-bond acceptors (Lipinski definition) is 3. The number of carboxylic acids is 1. The van der Waals surface area contributed by atoms with Gasteiger partial charge in [-0.3, -0.25) is 14.2 Å². The van der Waals surface area contributed by atoms with Crippen LogP contribution in [0.25, 0.3) is 10.2 Å². The fraction of sp³-hybridized carbons (Fsp3) is 0.273. The zero-order valence-corrected chi connectivity index (χ0v) is 9.80. The summed E-state index contributed by atoms with van der Waals surface area (Å²) in [5.74, 6) is -0.997. The van der Waals surface area contributed by atoms with Gasteiger partial charge in [0, 0.05) is 0 Å². The van der Waals surface area contributed by atoms with Gasteiger partial charge in [0.05, 0.1) is 10.2 Å². The lowest BCUT2D eigenvalue weighted by Crippen LogP contribution is -2.18. The molecule has 0 aliphatic carbocycles. The Balaban J connectivity index is 2.83. The maximum atomic E-state index is 11.7. The number of aromatic nitrogens is 1. The molecule has 84 valence electrons. The lowest BCUT2D eigenvalue weighted by molar-refractivity contribution is -0.137. The van der Waals surface area contributed by atoms with E-state index in [0.29, 0.717) is 0 Å². The first-order valence-corrected chi connectivity index (χ1v) is 5.63. The van der Waals surface area contributed by atoms with Gasteiger partial charge in [-0.15, -0.1) is 0 Å². The van der Waals surface area contributed by atoms with E-state index in [1.165, 1.54) is 4.57 Å². The number of nitrogens with zero attached hydrogens (tertiary/aromatic N) is 1.